The SMILES string of the molecule is N=C(N)c1ccc(N2CCC(CC(=O)NCCC(=O)OCc3ccccc3)CC2)cc1. The van der Waals surface area contributed by atoms with E-state index >= 15 is 0 Å². The summed E-state index contributed by atoms with van der Waals surface area (Å²) < 4.78 is 5.22. The van der Waals surface area contributed by atoms with E-state index in [-0.39, 0.29) is 30.7 Å². The number of hydrogen-bond donors (Lipinski definition) is 3. The van der Waals surface area contributed by atoms with Crippen molar-refractivity contribution >= 4 is 23.4 Å². The second-order valence-corrected chi connectivity index (χ2v) is 7.84. The molecule has 7 nitrogen and oxygen atoms in total. The molecule has 1 heterocycles. The molecule has 0 radical (unpaired) electrons. The molecule has 0 aliphatic carbocycles. The van der Waals surface area contributed by atoms with Crippen LogP contribution < -0.4 is 16.0 Å². The van der Waals surface area contributed by atoms with Gasteiger partial charge in [0.05, 0.1) is 6.42 Å². The minimum Gasteiger partial charge on any atom is -0.461 e. The summed E-state index contributed by atoms with van der Waals surface area (Å²) in [6.07, 6.45) is 2.55. The molecule has 0 unspecified atom stereocenters. The van der Waals surface area contributed by atoms with E-state index in [1.807, 2.05) is 54.6 Å². The lowest BCUT2D eigenvalue weighted by Gasteiger charge is -2.33. The van der Waals surface area contributed by atoms with Gasteiger partial charge < -0.3 is 20.7 Å². The van der Waals surface area contributed by atoms with Crippen molar-refractivity contribution in [3.8, 4) is 0 Å². The van der Waals surface area contributed by atoms with E-state index in [4.69, 9.17) is 15.9 Å². The Morgan fingerprint density at radius 2 is 1.74 bits per heavy atom. The minimum atomic E-state index is -0.312. The van der Waals surface area contributed by atoms with Gasteiger partial charge in [0, 0.05) is 37.3 Å². The van der Waals surface area contributed by atoms with Crippen molar-refractivity contribution in [3.05, 3.63) is 65.7 Å². The Bertz CT molecular complexity index is 875. The van der Waals surface area contributed by atoms with Crippen LogP contribution >= 0.6 is 0 Å². The fourth-order valence-corrected chi connectivity index (χ4v) is 3.70. The van der Waals surface area contributed by atoms with Gasteiger partial charge in [-0.2, -0.15) is 0 Å². The van der Waals surface area contributed by atoms with Crippen LogP contribution in [0.2, 0.25) is 0 Å². The molecular formula is C24H30N4O3. The molecule has 0 aromatic heterocycles. The van der Waals surface area contributed by atoms with Crippen LogP contribution in [0, 0.1) is 11.3 Å². The van der Waals surface area contributed by atoms with E-state index in [0.717, 1.165) is 42.7 Å². The van der Waals surface area contributed by atoms with E-state index in [9.17, 15) is 9.59 Å². The molecule has 1 aliphatic heterocycles. The largest absolute Gasteiger partial charge is 0.461 e. The highest BCUT2D eigenvalue weighted by molar-refractivity contribution is 5.95. The van der Waals surface area contributed by atoms with E-state index < -0.39 is 0 Å². The molecule has 3 rings (SSSR count). The summed E-state index contributed by atoms with van der Waals surface area (Å²) in [4.78, 5) is 26.3. The zero-order chi connectivity index (χ0) is 22.1. The quantitative estimate of drug-likeness (QED) is 0.327. The number of nitrogens with two attached hydrogens (primary N) is 1. The second kappa shape index (κ2) is 11.2. The molecule has 2 aromatic carbocycles. The van der Waals surface area contributed by atoms with Gasteiger partial charge in [-0.15, -0.1) is 0 Å². The fraction of sp³-hybridized carbons (Fsp3) is 0.375. The zero-order valence-corrected chi connectivity index (χ0v) is 17.7. The molecule has 7 heteroatoms. The Kier molecular flexibility index (Phi) is 8.04. The van der Waals surface area contributed by atoms with E-state index in [2.05, 4.69) is 10.2 Å². The van der Waals surface area contributed by atoms with Gasteiger partial charge in [0.2, 0.25) is 5.91 Å². The number of esters is 1. The van der Waals surface area contributed by atoms with Crippen LogP contribution in [0.5, 0.6) is 0 Å². The summed E-state index contributed by atoms with van der Waals surface area (Å²) in [5.41, 5.74) is 8.28. The maximum Gasteiger partial charge on any atom is 0.307 e. The van der Waals surface area contributed by atoms with Gasteiger partial charge >= 0.3 is 5.97 Å². The number of hydrogen-bond acceptors (Lipinski definition) is 5. The highest BCUT2D eigenvalue weighted by Gasteiger charge is 2.21. The number of nitrogen functional groups attached to an aromatic ring is 1. The van der Waals surface area contributed by atoms with Gasteiger partial charge in [-0.25, -0.2) is 0 Å². The summed E-state index contributed by atoms with van der Waals surface area (Å²) in [5, 5.41) is 10.3. The minimum absolute atomic E-state index is 0.0138. The third-order valence-electron chi connectivity index (χ3n) is 5.53. The topological polar surface area (TPSA) is 109 Å². The number of amidine groups is 1. The third kappa shape index (κ3) is 7.13. The van der Waals surface area contributed by atoms with Gasteiger partial charge in [0.15, 0.2) is 0 Å². The molecule has 1 amide bonds. The Morgan fingerprint density at radius 1 is 1.06 bits per heavy atom. The average Bonchev–Trinajstić information content (AvgIpc) is 2.79. The van der Waals surface area contributed by atoms with Crippen LogP contribution in [0.25, 0.3) is 0 Å². The molecule has 2 aromatic rings. The number of nitrogens with zero attached hydrogens (tertiary/aromatic N) is 1. The van der Waals surface area contributed by atoms with E-state index in [0.29, 0.717) is 18.9 Å². The lowest BCUT2D eigenvalue weighted by molar-refractivity contribution is -0.144. The summed E-state index contributed by atoms with van der Waals surface area (Å²) in [6.45, 7) is 2.34. The molecule has 1 saturated heterocycles. The molecule has 31 heavy (non-hydrogen) atoms. The number of benzene rings is 2. The van der Waals surface area contributed by atoms with Gasteiger partial charge in [0.25, 0.3) is 0 Å². The third-order valence-corrected chi connectivity index (χ3v) is 5.53. The van der Waals surface area contributed by atoms with Crippen LogP contribution in [0.15, 0.2) is 54.6 Å². The lowest BCUT2D eigenvalue weighted by atomic mass is 9.93. The second-order valence-electron chi connectivity index (χ2n) is 7.84. The number of ether oxygens (including phenoxy) is 1. The number of amides is 1. The van der Waals surface area contributed by atoms with Crippen LogP contribution in [0.1, 0.15) is 36.8 Å². The molecule has 164 valence electrons. The molecule has 1 aliphatic rings. The molecule has 0 bridgehead atoms. The monoisotopic (exact) mass is 422 g/mol. The number of piperidine rings is 1. The van der Waals surface area contributed by atoms with Gasteiger partial charge in [-0.05, 0) is 48.6 Å². The zero-order valence-electron chi connectivity index (χ0n) is 17.7. The summed E-state index contributed by atoms with van der Waals surface area (Å²) in [7, 11) is 0. The Hall–Kier alpha value is -3.35. The molecule has 0 saturated carbocycles. The highest BCUT2D eigenvalue weighted by atomic mass is 16.5. The van der Waals surface area contributed by atoms with Crippen molar-refractivity contribution in [3.63, 3.8) is 0 Å². The number of rotatable bonds is 9. The first-order valence-corrected chi connectivity index (χ1v) is 10.7. The number of carbonyl (C=O) groups is 2. The first-order chi connectivity index (χ1) is 15.0. The van der Waals surface area contributed by atoms with Crippen LogP contribution in [-0.4, -0.2) is 37.3 Å². The standard InChI is InChI=1S/C24H30N4O3/c25-24(26)20-6-8-21(9-7-20)28-14-11-18(12-15-28)16-22(29)27-13-10-23(30)31-17-19-4-2-1-3-5-19/h1-9,18H,10-17H2,(H3,25,26)(H,27,29). The molecular weight excluding hydrogens is 392 g/mol. The first-order valence-electron chi connectivity index (χ1n) is 10.7. The van der Waals surface area contributed by atoms with Gasteiger partial charge in [-0.3, -0.25) is 15.0 Å². The van der Waals surface area contributed by atoms with Crippen molar-refractivity contribution < 1.29 is 14.3 Å². The normalized spacial score (nSPS) is 14.1. The summed E-state index contributed by atoms with van der Waals surface area (Å²) >= 11 is 0. The Labute approximate surface area is 183 Å². The Balaban J connectivity index is 1.31. The predicted octanol–water partition coefficient (Wildman–Crippen LogP) is 2.83. The van der Waals surface area contributed by atoms with Crippen molar-refractivity contribution in [2.75, 3.05) is 24.5 Å². The van der Waals surface area contributed by atoms with E-state index in [1.165, 1.54) is 0 Å². The maximum absolute atomic E-state index is 12.2. The highest BCUT2D eigenvalue weighted by Crippen LogP contribution is 2.25. The fourth-order valence-electron chi connectivity index (χ4n) is 3.70. The van der Waals surface area contributed by atoms with Crippen molar-refractivity contribution in [2.24, 2.45) is 11.7 Å². The number of nitrogens with one attached hydrogen (secondary N) is 2. The van der Waals surface area contributed by atoms with Crippen molar-refractivity contribution in [2.45, 2.75) is 32.3 Å². The van der Waals surface area contributed by atoms with Crippen LogP contribution in [0.4, 0.5) is 5.69 Å². The van der Waals surface area contributed by atoms with Crippen molar-refractivity contribution in [1.82, 2.24) is 5.32 Å². The number of anilines is 1. The summed E-state index contributed by atoms with van der Waals surface area (Å²) in [5.74, 6) is 0.0897. The predicted molar refractivity (Wildman–Crippen MR) is 121 cm³/mol. The van der Waals surface area contributed by atoms with E-state index in [1.54, 1.807) is 0 Å². The molecule has 4 N–H and O–H groups in total. The van der Waals surface area contributed by atoms with Crippen LogP contribution in [-0.2, 0) is 20.9 Å². The Morgan fingerprint density at radius 3 is 2.39 bits per heavy atom. The lowest BCUT2D eigenvalue weighted by Crippen LogP contribution is -2.36. The molecule has 0 atom stereocenters. The van der Waals surface area contributed by atoms with Gasteiger partial charge in [-0.1, -0.05) is 30.3 Å². The maximum atomic E-state index is 12.2. The van der Waals surface area contributed by atoms with Gasteiger partial charge in [0.1, 0.15) is 12.4 Å². The number of carbonyl (C=O) groups excluding carboxylic acids is 2. The average molecular weight is 423 g/mol. The molecule has 0 spiro atoms. The first kappa shape index (κ1) is 22.3. The van der Waals surface area contributed by atoms with Crippen LogP contribution in [0.3, 0.4) is 0 Å². The summed E-state index contributed by atoms with van der Waals surface area (Å²) in [6, 6.07) is 17.2. The van der Waals surface area contributed by atoms with Crippen molar-refractivity contribution in [1.29, 1.82) is 5.41 Å². The smallest absolute Gasteiger partial charge is 0.307 e. The molecule has 1 fully saturated rings.